The Morgan fingerprint density at radius 3 is 3.08 bits per heavy atom. The van der Waals surface area contributed by atoms with Gasteiger partial charge in [0.2, 0.25) is 5.29 Å². The van der Waals surface area contributed by atoms with Crippen molar-refractivity contribution in [1.29, 1.82) is 0 Å². The molecule has 1 aromatic heterocycles. The summed E-state index contributed by atoms with van der Waals surface area (Å²) < 4.78 is 0. The van der Waals surface area contributed by atoms with Crippen molar-refractivity contribution in [3.8, 4) is 0 Å². The third-order valence-electron chi connectivity index (χ3n) is 2.20. The lowest BCUT2D eigenvalue weighted by Gasteiger charge is -2.33. The van der Waals surface area contributed by atoms with Crippen molar-refractivity contribution in [1.82, 2.24) is 4.98 Å². The zero-order chi connectivity index (χ0) is 9.00. The Morgan fingerprint density at radius 2 is 2.23 bits per heavy atom. The summed E-state index contributed by atoms with van der Waals surface area (Å²) >= 11 is 13.2. The van der Waals surface area contributed by atoms with Crippen molar-refractivity contribution in [2.75, 3.05) is 0 Å². The maximum absolute atomic E-state index is 5.94. The van der Waals surface area contributed by atoms with Gasteiger partial charge in [0, 0.05) is 0 Å². The maximum atomic E-state index is 5.94. The SMILES string of the molecule is ClC1=NC2c3scnc3[C@@H]2C(Cl)=N1. The topological polar surface area (TPSA) is 37.6 Å². The summed E-state index contributed by atoms with van der Waals surface area (Å²) in [7, 11) is 0. The van der Waals surface area contributed by atoms with Gasteiger partial charge in [-0.3, -0.25) is 0 Å². The molecule has 1 aromatic rings. The van der Waals surface area contributed by atoms with Crippen molar-refractivity contribution in [3.05, 3.63) is 16.1 Å². The summed E-state index contributed by atoms with van der Waals surface area (Å²) in [5.74, 6) is 0.0606. The third-order valence-corrected chi connectivity index (χ3v) is 3.62. The second-order valence-electron chi connectivity index (χ2n) is 2.86. The Morgan fingerprint density at radius 1 is 1.38 bits per heavy atom. The van der Waals surface area contributed by atoms with E-state index in [2.05, 4.69) is 15.0 Å². The Bertz CT molecular complexity index is 437. The summed E-state index contributed by atoms with van der Waals surface area (Å²) in [6.45, 7) is 0. The first-order chi connectivity index (χ1) is 6.27. The lowest BCUT2D eigenvalue weighted by atomic mass is 9.83. The fourth-order valence-electron chi connectivity index (χ4n) is 1.60. The molecule has 0 radical (unpaired) electrons. The van der Waals surface area contributed by atoms with Crippen LogP contribution < -0.4 is 0 Å². The van der Waals surface area contributed by atoms with E-state index in [1.54, 1.807) is 16.8 Å². The first-order valence-corrected chi connectivity index (χ1v) is 5.31. The van der Waals surface area contributed by atoms with Crippen molar-refractivity contribution in [3.63, 3.8) is 0 Å². The van der Waals surface area contributed by atoms with Gasteiger partial charge < -0.3 is 0 Å². The molecule has 0 N–H and O–H groups in total. The molecular weight excluding hydrogens is 229 g/mol. The Labute approximate surface area is 88.1 Å². The molecule has 2 aliphatic rings. The van der Waals surface area contributed by atoms with Gasteiger partial charge in [0.15, 0.2) is 0 Å². The van der Waals surface area contributed by atoms with Crippen LogP contribution in [0.1, 0.15) is 22.5 Å². The largest absolute Gasteiger partial charge is 0.249 e. The van der Waals surface area contributed by atoms with Gasteiger partial charge in [-0.05, 0) is 11.6 Å². The highest BCUT2D eigenvalue weighted by Gasteiger charge is 2.45. The average molecular weight is 232 g/mol. The molecule has 66 valence electrons. The molecule has 1 unspecified atom stereocenters. The van der Waals surface area contributed by atoms with E-state index in [4.69, 9.17) is 23.2 Å². The van der Waals surface area contributed by atoms with E-state index in [0.717, 1.165) is 10.6 Å². The number of fused-ring (bicyclic) bond motifs is 4. The van der Waals surface area contributed by atoms with Crippen LogP contribution in [0.4, 0.5) is 0 Å². The van der Waals surface area contributed by atoms with Crippen molar-refractivity contribution in [2.45, 2.75) is 12.0 Å². The number of amidine groups is 1. The molecule has 0 saturated carbocycles. The van der Waals surface area contributed by atoms with Crippen molar-refractivity contribution < 1.29 is 0 Å². The Balaban J connectivity index is 2.16. The zero-order valence-corrected chi connectivity index (χ0v) is 8.57. The molecule has 1 aliphatic heterocycles. The second kappa shape index (κ2) is 2.53. The monoisotopic (exact) mass is 231 g/mol. The highest BCUT2D eigenvalue weighted by molar-refractivity contribution is 7.10. The van der Waals surface area contributed by atoms with Gasteiger partial charge in [-0.15, -0.1) is 11.3 Å². The van der Waals surface area contributed by atoms with E-state index in [1.807, 2.05) is 0 Å². The van der Waals surface area contributed by atoms with Crippen LogP contribution in [-0.2, 0) is 0 Å². The van der Waals surface area contributed by atoms with Crippen LogP contribution in [0, 0.1) is 0 Å². The standard InChI is InChI=1S/C7H3Cl2N3S/c8-6-2-3-5(13-1-10-3)4(2)11-7(9)12-6/h1-2,4H/t2-,4?/m0/s1. The molecule has 0 bridgehead atoms. The number of halogens is 2. The van der Waals surface area contributed by atoms with Gasteiger partial charge in [0.1, 0.15) is 11.2 Å². The molecule has 2 heterocycles. The van der Waals surface area contributed by atoms with Crippen LogP contribution >= 0.6 is 34.5 Å². The van der Waals surface area contributed by atoms with Gasteiger partial charge in [0.25, 0.3) is 0 Å². The highest BCUT2D eigenvalue weighted by Crippen LogP contribution is 2.52. The predicted octanol–water partition coefficient (Wildman–Crippen LogP) is 2.53. The molecule has 0 spiro atoms. The van der Waals surface area contributed by atoms with Crippen LogP contribution in [0.15, 0.2) is 15.5 Å². The van der Waals surface area contributed by atoms with Crippen LogP contribution in [0.3, 0.4) is 0 Å². The maximum Gasteiger partial charge on any atom is 0.219 e. The van der Waals surface area contributed by atoms with Crippen molar-refractivity contribution in [2.24, 2.45) is 9.98 Å². The fourth-order valence-corrected chi connectivity index (χ4v) is 3.05. The summed E-state index contributed by atoms with van der Waals surface area (Å²) in [6.07, 6.45) is 0. The molecule has 0 saturated heterocycles. The molecule has 0 amide bonds. The minimum atomic E-state index is 0.0606. The Kier molecular flexibility index (Phi) is 1.54. The Hall–Kier alpha value is -0.450. The molecule has 6 heteroatoms. The van der Waals surface area contributed by atoms with E-state index in [0.29, 0.717) is 5.17 Å². The molecule has 0 fully saturated rings. The summed E-state index contributed by atoms with van der Waals surface area (Å²) in [4.78, 5) is 13.5. The van der Waals surface area contributed by atoms with Crippen LogP contribution in [0.25, 0.3) is 0 Å². The first kappa shape index (κ1) is 7.91. The smallest absolute Gasteiger partial charge is 0.219 e. The minimum absolute atomic E-state index is 0.0606. The minimum Gasteiger partial charge on any atom is -0.249 e. The van der Waals surface area contributed by atoms with Gasteiger partial charge in [-0.1, -0.05) is 11.6 Å². The fraction of sp³-hybridized carbons (Fsp3) is 0.286. The first-order valence-electron chi connectivity index (χ1n) is 3.68. The van der Waals surface area contributed by atoms with Gasteiger partial charge in [-0.25, -0.2) is 15.0 Å². The van der Waals surface area contributed by atoms with Crippen molar-refractivity contribution >= 4 is 45.0 Å². The third kappa shape index (κ3) is 0.936. The number of nitrogens with zero attached hydrogens (tertiary/aromatic N) is 3. The number of aromatic nitrogens is 1. The summed E-state index contributed by atoms with van der Waals surface area (Å²) in [5.41, 5.74) is 2.81. The van der Waals surface area contributed by atoms with Gasteiger partial charge >= 0.3 is 0 Å². The summed E-state index contributed by atoms with van der Waals surface area (Å²) in [6, 6.07) is 0.0694. The molecule has 1 aliphatic carbocycles. The average Bonchev–Trinajstić information content (AvgIpc) is 2.43. The van der Waals surface area contributed by atoms with Gasteiger partial charge in [0.05, 0.1) is 22.0 Å². The molecule has 2 atom stereocenters. The van der Waals surface area contributed by atoms with Gasteiger partial charge in [-0.2, -0.15) is 0 Å². The lowest BCUT2D eigenvalue weighted by Crippen LogP contribution is -2.29. The van der Waals surface area contributed by atoms with E-state index in [9.17, 15) is 0 Å². The normalized spacial score (nSPS) is 29.7. The number of thiazole rings is 1. The predicted molar refractivity (Wildman–Crippen MR) is 54.2 cm³/mol. The van der Waals surface area contributed by atoms with E-state index in [-0.39, 0.29) is 17.3 Å². The van der Waals surface area contributed by atoms with Crippen LogP contribution in [-0.4, -0.2) is 15.4 Å². The zero-order valence-electron chi connectivity index (χ0n) is 6.24. The number of hydrogen-bond donors (Lipinski definition) is 0. The van der Waals surface area contributed by atoms with E-state index < -0.39 is 0 Å². The summed E-state index contributed by atoms with van der Waals surface area (Å²) in [5, 5.41) is 0.744. The molecule has 3 nitrogen and oxygen atoms in total. The van der Waals surface area contributed by atoms with E-state index in [1.165, 1.54) is 0 Å². The molecule has 13 heavy (non-hydrogen) atoms. The van der Waals surface area contributed by atoms with Crippen LogP contribution in [0.2, 0.25) is 0 Å². The molecule has 3 rings (SSSR count). The van der Waals surface area contributed by atoms with Crippen LogP contribution in [0.5, 0.6) is 0 Å². The van der Waals surface area contributed by atoms with E-state index >= 15 is 0 Å². The lowest BCUT2D eigenvalue weighted by molar-refractivity contribution is 0.591. The molecule has 0 aromatic carbocycles. The number of rotatable bonds is 0. The number of aliphatic imine (C=N–C) groups is 2. The number of hydrogen-bond acceptors (Lipinski definition) is 4. The molecular formula is C7H3Cl2N3S. The highest BCUT2D eigenvalue weighted by atomic mass is 35.5. The second-order valence-corrected chi connectivity index (χ2v) is 4.47. The quantitative estimate of drug-likeness (QED) is 0.633.